The molecule has 13 heavy (non-hydrogen) atoms. The van der Waals surface area contributed by atoms with Crippen molar-refractivity contribution in [2.45, 2.75) is 0 Å². The van der Waals surface area contributed by atoms with E-state index >= 15 is 0 Å². The zero-order valence-corrected chi connectivity index (χ0v) is 6.43. The number of rotatable bonds is 2. The molecule has 0 bridgehead atoms. The zero-order chi connectivity index (χ0) is 9.84. The van der Waals surface area contributed by atoms with Crippen LogP contribution in [0.2, 0.25) is 0 Å². The van der Waals surface area contributed by atoms with E-state index in [9.17, 15) is 18.0 Å². The smallest absolute Gasteiger partial charge is 0.188 e. The van der Waals surface area contributed by atoms with Crippen LogP contribution < -0.4 is 0 Å². The third-order valence-corrected chi connectivity index (χ3v) is 1.42. The van der Waals surface area contributed by atoms with Crippen LogP contribution in [0.15, 0.2) is 30.6 Å². The molecule has 1 aromatic rings. The summed E-state index contributed by atoms with van der Waals surface area (Å²) in [5, 5.41) is 0. The van der Waals surface area contributed by atoms with Crippen LogP contribution in [0, 0.1) is 11.6 Å². The van der Waals surface area contributed by atoms with Gasteiger partial charge in [-0.1, -0.05) is 0 Å². The molecule has 1 aromatic carbocycles. The van der Waals surface area contributed by atoms with Crippen LogP contribution in [0.25, 0.3) is 0 Å². The number of hydrogen-bond donors (Lipinski definition) is 0. The van der Waals surface area contributed by atoms with Gasteiger partial charge in [0.2, 0.25) is 0 Å². The molecule has 0 saturated heterocycles. The van der Waals surface area contributed by atoms with Gasteiger partial charge < -0.3 is 0 Å². The Bertz CT molecular complexity index is 358. The fourth-order valence-electron chi connectivity index (χ4n) is 0.803. The maximum atomic E-state index is 12.5. The van der Waals surface area contributed by atoms with Crippen molar-refractivity contribution in [3.8, 4) is 0 Å². The predicted octanol–water partition coefficient (Wildman–Crippen LogP) is 2.63. The summed E-state index contributed by atoms with van der Waals surface area (Å²) in [4.78, 5) is 10.9. The van der Waals surface area contributed by atoms with E-state index in [1.165, 1.54) is 0 Å². The van der Waals surface area contributed by atoms with Gasteiger partial charge in [-0.2, -0.15) is 0 Å². The molecule has 0 N–H and O–H groups in total. The van der Waals surface area contributed by atoms with E-state index in [1.54, 1.807) is 0 Å². The standard InChI is InChI=1S/C9H5F3O/c10-4-3-9(13)6-1-2-7(11)8(12)5-6/h1-5H. The lowest BCUT2D eigenvalue weighted by molar-refractivity contribution is 0.104. The molecule has 0 unspecified atom stereocenters. The molecule has 0 radical (unpaired) electrons. The molecule has 4 heteroatoms. The van der Waals surface area contributed by atoms with Crippen molar-refractivity contribution in [1.82, 2.24) is 0 Å². The quantitative estimate of drug-likeness (QED) is 0.512. The Balaban J connectivity index is 3.04. The van der Waals surface area contributed by atoms with Crippen LogP contribution in [-0.2, 0) is 0 Å². The molecular weight excluding hydrogens is 181 g/mol. The summed E-state index contributed by atoms with van der Waals surface area (Å²) in [5.41, 5.74) is -0.0900. The van der Waals surface area contributed by atoms with Crippen LogP contribution in [0.4, 0.5) is 13.2 Å². The summed E-state index contributed by atoms with van der Waals surface area (Å²) in [7, 11) is 0. The largest absolute Gasteiger partial charge is 0.289 e. The number of benzene rings is 1. The normalized spacial score (nSPS) is 10.7. The van der Waals surface area contributed by atoms with Gasteiger partial charge in [0.15, 0.2) is 17.4 Å². The summed E-state index contributed by atoms with van der Waals surface area (Å²) in [6.45, 7) is 0. The number of allylic oxidation sites excluding steroid dienone is 1. The average Bonchev–Trinajstić information content (AvgIpc) is 2.10. The Morgan fingerprint density at radius 1 is 1.23 bits per heavy atom. The summed E-state index contributed by atoms with van der Waals surface area (Å²) in [5.74, 6) is -2.87. The Morgan fingerprint density at radius 2 is 1.92 bits per heavy atom. The molecule has 0 fully saturated rings. The van der Waals surface area contributed by atoms with Gasteiger partial charge in [0, 0.05) is 11.6 Å². The fourth-order valence-corrected chi connectivity index (χ4v) is 0.803. The molecule has 0 aliphatic carbocycles. The van der Waals surface area contributed by atoms with Gasteiger partial charge in [-0.25, -0.2) is 13.2 Å². The summed E-state index contributed by atoms with van der Waals surface area (Å²) < 4.78 is 36.4. The summed E-state index contributed by atoms with van der Waals surface area (Å²) >= 11 is 0. The molecule has 0 amide bonds. The highest BCUT2D eigenvalue weighted by molar-refractivity contribution is 6.04. The second-order valence-corrected chi connectivity index (χ2v) is 2.29. The molecule has 0 aliphatic rings. The SMILES string of the molecule is O=C(C=CF)c1ccc(F)c(F)c1. The molecule has 1 rings (SSSR count). The van der Waals surface area contributed by atoms with Gasteiger partial charge in [-0.3, -0.25) is 4.79 Å². The van der Waals surface area contributed by atoms with E-state index in [2.05, 4.69) is 0 Å². The molecule has 0 spiro atoms. The van der Waals surface area contributed by atoms with Gasteiger partial charge in [-0.15, -0.1) is 0 Å². The van der Waals surface area contributed by atoms with Crippen LogP contribution in [0.3, 0.4) is 0 Å². The third kappa shape index (κ3) is 2.18. The molecule has 0 heterocycles. The Labute approximate surface area is 72.5 Å². The van der Waals surface area contributed by atoms with Crippen molar-refractivity contribution in [2.75, 3.05) is 0 Å². The van der Waals surface area contributed by atoms with Crippen molar-refractivity contribution >= 4 is 5.78 Å². The van der Waals surface area contributed by atoms with Crippen LogP contribution in [-0.4, -0.2) is 5.78 Å². The minimum absolute atomic E-state index is 0.0452. The fraction of sp³-hybridized carbons (Fsp3) is 0. The highest BCUT2D eigenvalue weighted by Gasteiger charge is 2.06. The maximum absolute atomic E-state index is 12.5. The van der Waals surface area contributed by atoms with Gasteiger partial charge >= 0.3 is 0 Å². The highest BCUT2D eigenvalue weighted by atomic mass is 19.2. The first kappa shape index (κ1) is 9.51. The number of halogens is 3. The van der Waals surface area contributed by atoms with Gasteiger partial charge in [0.25, 0.3) is 0 Å². The molecular formula is C9H5F3O. The lowest BCUT2D eigenvalue weighted by atomic mass is 10.1. The lowest BCUT2D eigenvalue weighted by Gasteiger charge is -1.95. The minimum atomic E-state index is -1.13. The van der Waals surface area contributed by atoms with Crippen molar-refractivity contribution in [1.29, 1.82) is 0 Å². The maximum Gasteiger partial charge on any atom is 0.188 e. The lowest BCUT2D eigenvalue weighted by Crippen LogP contribution is -1.96. The number of carbonyl (C=O) groups excluding carboxylic acids is 1. The Morgan fingerprint density at radius 3 is 2.46 bits per heavy atom. The van der Waals surface area contributed by atoms with Crippen molar-refractivity contribution < 1.29 is 18.0 Å². The third-order valence-electron chi connectivity index (χ3n) is 1.42. The average molecular weight is 186 g/mol. The van der Waals surface area contributed by atoms with E-state index < -0.39 is 17.4 Å². The topological polar surface area (TPSA) is 17.1 Å². The minimum Gasteiger partial charge on any atom is -0.289 e. The van der Waals surface area contributed by atoms with E-state index in [0.29, 0.717) is 6.08 Å². The van der Waals surface area contributed by atoms with Crippen LogP contribution in [0.5, 0.6) is 0 Å². The van der Waals surface area contributed by atoms with E-state index in [0.717, 1.165) is 18.2 Å². The molecule has 1 nitrogen and oxygen atoms in total. The van der Waals surface area contributed by atoms with Crippen molar-refractivity contribution in [3.05, 3.63) is 47.8 Å². The van der Waals surface area contributed by atoms with Crippen molar-refractivity contribution in [2.24, 2.45) is 0 Å². The highest BCUT2D eigenvalue weighted by Crippen LogP contribution is 2.09. The summed E-state index contributed by atoms with van der Waals surface area (Å²) in [6, 6.07) is 2.62. The zero-order valence-electron chi connectivity index (χ0n) is 6.43. The molecule has 0 aromatic heterocycles. The van der Waals surface area contributed by atoms with Gasteiger partial charge in [0.05, 0.1) is 6.33 Å². The first-order valence-electron chi connectivity index (χ1n) is 3.41. The van der Waals surface area contributed by atoms with E-state index in [1.807, 2.05) is 0 Å². The monoisotopic (exact) mass is 186 g/mol. The second-order valence-electron chi connectivity index (χ2n) is 2.29. The second kappa shape index (κ2) is 3.89. The molecule has 0 aliphatic heterocycles. The van der Waals surface area contributed by atoms with E-state index in [-0.39, 0.29) is 11.9 Å². The Kier molecular flexibility index (Phi) is 2.84. The Hall–Kier alpha value is -1.58. The molecule has 0 saturated carbocycles. The molecule has 0 atom stereocenters. The van der Waals surface area contributed by atoms with Crippen LogP contribution in [0.1, 0.15) is 10.4 Å². The van der Waals surface area contributed by atoms with Crippen LogP contribution >= 0.6 is 0 Å². The predicted molar refractivity (Wildman–Crippen MR) is 40.9 cm³/mol. The number of carbonyl (C=O) groups is 1. The van der Waals surface area contributed by atoms with Gasteiger partial charge in [-0.05, 0) is 18.2 Å². The molecule has 68 valence electrons. The van der Waals surface area contributed by atoms with Gasteiger partial charge in [0.1, 0.15) is 0 Å². The first-order chi connectivity index (χ1) is 6.15. The summed E-state index contributed by atoms with van der Waals surface area (Å²) in [6.07, 6.45) is 0.677. The first-order valence-corrected chi connectivity index (χ1v) is 3.41. The van der Waals surface area contributed by atoms with E-state index in [4.69, 9.17) is 0 Å². The number of ketones is 1. The van der Waals surface area contributed by atoms with Crippen molar-refractivity contribution in [3.63, 3.8) is 0 Å². The number of hydrogen-bond acceptors (Lipinski definition) is 1.